The SMILES string of the molecule is Cc1cc(OCC(=O)O)c2sc3ccccc3c(=O)c2c1C.Cc1ccc(OCC(=O)O)cc1C.O.O.O=C(O)c1ccccc1SSc1ccccc1C(=O)O.O=S(=O)(O)O. The summed E-state index contributed by atoms with van der Waals surface area (Å²) in [5, 5.41) is 36.7. The van der Waals surface area contributed by atoms with Gasteiger partial charge < -0.3 is 40.9 Å². The van der Waals surface area contributed by atoms with Crippen molar-refractivity contribution in [1.82, 2.24) is 0 Å². The summed E-state index contributed by atoms with van der Waals surface area (Å²) in [5.74, 6) is -2.95. The number of aromatic carboxylic acids is 2. The molecule has 0 saturated heterocycles. The third-order valence-electron chi connectivity index (χ3n) is 7.98. The Morgan fingerprint density at radius 3 is 1.58 bits per heavy atom. The van der Waals surface area contributed by atoms with Gasteiger partial charge in [0, 0.05) is 25.3 Å². The summed E-state index contributed by atoms with van der Waals surface area (Å²) in [6, 6.07) is 28.0. The zero-order chi connectivity index (χ0) is 44.7. The van der Waals surface area contributed by atoms with Gasteiger partial charge in [0.2, 0.25) is 0 Å². The van der Waals surface area contributed by atoms with Crippen molar-refractivity contribution in [2.75, 3.05) is 13.2 Å². The third-order valence-corrected chi connectivity index (χ3v) is 11.7. The van der Waals surface area contributed by atoms with Crippen LogP contribution in [0.3, 0.4) is 0 Å². The fourth-order valence-corrected chi connectivity index (χ4v) is 8.49. The topological polar surface area (TPSA) is 322 Å². The highest BCUT2D eigenvalue weighted by Crippen LogP contribution is 2.40. The molecule has 0 aliphatic rings. The second-order valence-electron chi connectivity index (χ2n) is 12.3. The molecule has 0 aliphatic heterocycles. The largest absolute Gasteiger partial charge is 0.482 e. The molecule has 0 bridgehead atoms. The van der Waals surface area contributed by atoms with Crippen molar-refractivity contribution in [3.05, 3.63) is 141 Å². The smallest absolute Gasteiger partial charge is 0.394 e. The van der Waals surface area contributed by atoms with Crippen LogP contribution in [-0.2, 0) is 20.0 Å². The molecule has 17 nitrogen and oxygen atoms in total. The van der Waals surface area contributed by atoms with E-state index in [0.717, 1.165) is 21.4 Å². The number of ether oxygens (including phenoxy) is 2. The summed E-state index contributed by atoms with van der Waals surface area (Å²) in [7, 11) is -2.20. The summed E-state index contributed by atoms with van der Waals surface area (Å²) in [5.41, 5.74) is 4.46. The zero-order valence-corrected chi connectivity index (χ0v) is 36.4. The van der Waals surface area contributed by atoms with Crippen LogP contribution >= 0.6 is 32.9 Å². The average Bonchev–Trinajstić information content (AvgIpc) is 3.18. The van der Waals surface area contributed by atoms with Crippen molar-refractivity contribution in [3.8, 4) is 11.5 Å². The van der Waals surface area contributed by atoms with Crippen LogP contribution in [0.15, 0.2) is 112 Å². The van der Waals surface area contributed by atoms with Gasteiger partial charge in [0.1, 0.15) is 11.5 Å². The summed E-state index contributed by atoms with van der Waals surface area (Å²) < 4.78 is 43.5. The first-order chi connectivity index (χ1) is 28.2. The summed E-state index contributed by atoms with van der Waals surface area (Å²) >= 11 is 1.45. The Morgan fingerprint density at radius 2 is 1.10 bits per heavy atom. The van der Waals surface area contributed by atoms with Crippen molar-refractivity contribution < 1.29 is 77.6 Å². The van der Waals surface area contributed by atoms with Crippen molar-refractivity contribution in [2.45, 2.75) is 37.5 Å². The molecule has 62 heavy (non-hydrogen) atoms. The highest BCUT2D eigenvalue weighted by Gasteiger charge is 2.16. The molecule has 0 spiro atoms. The molecular formula is C41H42O17S4. The molecule has 0 saturated carbocycles. The Balaban J connectivity index is 0.000000445. The van der Waals surface area contributed by atoms with Crippen LogP contribution in [-0.4, -0.2) is 86.0 Å². The Morgan fingerprint density at radius 1 is 0.629 bits per heavy atom. The molecule has 332 valence electrons. The third kappa shape index (κ3) is 16.8. The van der Waals surface area contributed by atoms with Crippen LogP contribution in [0.4, 0.5) is 0 Å². The molecule has 21 heteroatoms. The van der Waals surface area contributed by atoms with Crippen LogP contribution in [0.1, 0.15) is 43.0 Å². The number of benzene rings is 5. The van der Waals surface area contributed by atoms with Gasteiger partial charge in [0.25, 0.3) is 0 Å². The van der Waals surface area contributed by atoms with Gasteiger partial charge in [0.05, 0.1) is 15.8 Å². The Hall–Kier alpha value is -6.04. The maximum absolute atomic E-state index is 12.8. The van der Waals surface area contributed by atoms with Crippen LogP contribution in [0.25, 0.3) is 20.2 Å². The molecule has 0 aliphatic carbocycles. The molecular weight excluding hydrogens is 893 g/mol. The molecule has 6 rings (SSSR count). The number of hydrogen-bond donors (Lipinski definition) is 6. The fourth-order valence-electron chi connectivity index (χ4n) is 4.94. The Labute approximate surface area is 366 Å². The fraction of sp³-hybridized carbons (Fsp3) is 0.146. The predicted molar refractivity (Wildman–Crippen MR) is 237 cm³/mol. The number of rotatable bonds is 11. The van der Waals surface area contributed by atoms with E-state index in [1.807, 2.05) is 64.1 Å². The van der Waals surface area contributed by atoms with Gasteiger partial charge in [-0.3, -0.25) is 13.9 Å². The van der Waals surface area contributed by atoms with E-state index < -0.39 is 40.9 Å². The van der Waals surface area contributed by atoms with Crippen molar-refractivity contribution in [2.24, 2.45) is 0 Å². The van der Waals surface area contributed by atoms with Gasteiger partial charge in [-0.1, -0.05) is 64.1 Å². The van der Waals surface area contributed by atoms with Gasteiger partial charge in [0.15, 0.2) is 18.6 Å². The predicted octanol–water partition coefficient (Wildman–Crippen LogP) is 6.84. The summed E-state index contributed by atoms with van der Waals surface area (Å²) in [4.78, 5) is 57.1. The molecule has 0 radical (unpaired) electrons. The zero-order valence-electron chi connectivity index (χ0n) is 33.1. The number of hydrogen-bond acceptors (Lipinski definition) is 12. The molecule has 6 aromatic rings. The second-order valence-corrected chi connectivity index (χ2v) is 16.4. The van der Waals surface area contributed by atoms with E-state index in [4.69, 9.17) is 47.4 Å². The monoisotopic (exact) mass is 934 g/mol. The lowest BCUT2D eigenvalue weighted by Gasteiger charge is -2.12. The number of fused-ring (bicyclic) bond motifs is 2. The van der Waals surface area contributed by atoms with E-state index in [9.17, 15) is 24.0 Å². The van der Waals surface area contributed by atoms with Gasteiger partial charge in [-0.2, -0.15) is 8.42 Å². The minimum absolute atomic E-state index is 0. The number of carbonyl (C=O) groups is 4. The lowest BCUT2D eigenvalue weighted by Crippen LogP contribution is -2.11. The number of aryl methyl sites for hydroxylation is 4. The first kappa shape index (κ1) is 54.0. The molecule has 0 fully saturated rings. The van der Waals surface area contributed by atoms with Gasteiger partial charge in [-0.15, -0.1) is 11.3 Å². The molecule has 5 aromatic carbocycles. The van der Waals surface area contributed by atoms with Crippen molar-refractivity contribution >= 4 is 87.4 Å². The van der Waals surface area contributed by atoms with Gasteiger partial charge in [-0.05, 0) is 105 Å². The molecule has 1 aromatic heterocycles. The number of carboxylic acid groups (broad SMARTS) is 4. The minimum Gasteiger partial charge on any atom is -0.482 e. The summed E-state index contributed by atoms with van der Waals surface area (Å²) in [6.07, 6.45) is 0. The van der Waals surface area contributed by atoms with E-state index in [-0.39, 0.29) is 34.1 Å². The second kappa shape index (κ2) is 25.0. The molecule has 0 atom stereocenters. The van der Waals surface area contributed by atoms with Crippen molar-refractivity contribution in [1.29, 1.82) is 0 Å². The van der Waals surface area contributed by atoms with E-state index in [0.29, 0.717) is 36.8 Å². The first-order valence-electron chi connectivity index (χ1n) is 17.1. The van der Waals surface area contributed by atoms with E-state index in [1.54, 1.807) is 48.5 Å². The van der Waals surface area contributed by atoms with E-state index >= 15 is 0 Å². The average molecular weight is 935 g/mol. The van der Waals surface area contributed by atoms with Crippen LogP contribution in [0.5, 0.6) is 11.5 Å². The lowest BCUT2D eigenvalue weighted by atomic mass is 10.0. The van der Waals surface area contributed by atoms with Crippen molar-refractivity contribution in [3.63, 3.8) is 0 Å². The van der Waals surface area contributed by atoms with Gasteiger partial charge in [-0.25, -0.2) is 19.2 Å². The van der Waals surface area contributed by atoms with Crippen LogP contribution < -0.4 is 14.9 Å². The normalized spacial score (nSPS) is 10.2. The Bertz CT molecular complexity index is 2630. The number of aliphatic carboxylic acids is 2. The van der Waals surface area contributed by atoms with Crippen LogP contribution in [0, 0.1) is 27.7 Å². The standard InChI is InChI=1S/C17H14O4S.C14H10O4S2.C10H12O3.H2O4S.2H2O/c1-9-7-12(21-8-14(18)19)17-15(10(9)2)16(20)11-5-3-4-6-13(11)22-17;15-13(16)9-5-1-3-7-11(9)19-20-12-8-4-2-6-10(12)14(17)18;1-7-3-4-9(5-8(7)2)13-6-10(11)12;1-5(2,3)4;;/h3-7H,8H2,1-2H3,(H,18,19);1-8H,(H,15,16)(H,17,18);3-5H,6H2,1-2H3,(H,11,12);(H2,1,2,3,4);2*1H2. The quantitative estimate of drug-likeness (QED) is 0.0440. The van der Waals surface area contributed by atoms with Gasteiger partial charge >= 0.3 is 34.3 Å². The highest BCUT2D eigenvalue weighted by atomic mass is 33.1. The van der Waals surface area contributed by atoms with E-state index in [2.05, 4.69) is 0 Å². The first-order valence-corrected chi connectivity index (χ1v) is 21.5. The Kier molecular flexibility index (Phi) is 21.8. The summed E-state index contributed by atoms with van der Waals surface area (Å²) in [6.45, 7) is 7.04. The maximum Gasteiger partial charge on any atom is 0.394 e. The van der Waals surface area contributed by atoms with Crippen LogP contribution in [0.2, 0.25) is 0 Å². The lowest BCUT2D eigenvalue weighted by molar-refractivity contribution is -0.140. The molecule has 0 amide bonds. The molecule has 0 unspecified atom stereocenters. The maximum atomic E-state index is 12.8. The minimum atomic E-state index is -4.67. The molecule has 1 heterocycles. The molecule has 10 N–H and O–H groups in total. The highest BCUT2D eigenvalue weighted by molar-refractivity contribution is 8.76. The number of carboxylic acids is 4. The van der Waals surface area contributed by atoms with E-state index in [1.165, 1.54) is 50.6 Å².